The molecule has 0 radical (unpaired) electrons. The number of benzene rings is 3. The van der Waals surface area contributed by atoms with Crippen molar-refractivity contribution in [1.29, 1.82) is 0 Å². The normalized spacial score (nSPS) is 10.9. The van der Waals surface area contributed by atoms with Crippen LogP contribution in [-0.2, 0) is 16.9 Å². The van der Waals surface area contributed by atoms with Gasteiger partial charge in [0.2, 0.25) is 0 Å². The number of nitrogens with one attached hydrogen (secondary N) is 1. The van der Waals surface area contributed by atoms with Crippen molar-refractivity contribution in [3.63, 3.8) is 0 Å². The molecule has 0 aliphatic heterocycles. The summed E-state index contributed by atoms with van der Waals surface area (Å²) in [7, 11) is 0. The summed E-state index contributed by atoms with van der Waals surface area (Å²) in [5.74, 6) is 0. The summed E-state index contributed by atoms with van der Waals surface area (Å²) in [4.78, 5) is 12.4. The number of hydrogen-bond acceptors (Lipinski definition) is 2. The molecule has 0 aliphatic carbocycles. The van der Waals surface area contributed by atoms with Gasteiger partial charge in [-0.15, -0.1) is 0 Å². The molecule has 0 bridgehead atoms. The average Bonchev–Trinajstić information content (AvgIpc) is 2.68. The van der Waals surface area contributed by atoms with Crippen molar-refractivity contribution in [2.24, 2.45) is 0 Å². The second-order valence-electron chi connectivity index (χ2n) is 6.04. The van der Waals surface area contributed by atoms with E-state index in [1.807, 2.05) is 97.9 Å². The van der Waals surface area contributed by atoms with Crippen LogP contribution in [0.3, 0.4) is 0 Å². The molecule has 0 atom stereocenters. The molecule has 3 aromatic rings. The third-order valence-corrected chi connectivity index (χ3v) is 4.27. The first-order valence-electron chi connectivity index (χ1n) is 8.28. The molecule has 3 aromatic carbocycles. The lowest BCUT2D eigenvalue weighted by Gasteiger charge is -2.31. The van der Waals surface area contributed by atoms with E-state index in [2.05, 4.69) is 5.32 Å². The lowest BCUT2D eigenvalue weighted by Crippen LogP contribution is -2.44. The fourth-order valence-electron chi connectivity index (χ4n) is 2.82. The number of amides is 1. The van der Waals surface area contributed by atoms with Gasteiger partial charge in [0.1, 0.15) is 6.61 Å². The Morgan fingerprint density at radius 3 is 1.72 bits per heavy atom. The number of rotatable bonds is 5. The minimum absolute atomic E-state index is 0.242. The quantitative estimate of drug-likeness (QED) is 0.724. The monoisotopic (exact) mass is 331 g/mol. The van der Waals surface area contributed by atoms with Gasteiger partial charge < -0.3 is 10.1 Å². The molecule has 3 rings (SSSR count). The summed E-state index contributed by atoms with van der Waals surface area (Å²) in [5.41, 5.74) is 2.28. The Labute approximate surface area is 148 Å². The van der Waals surface area contributed by atoms with Gasteiger partial charge in [-0.1, -0.05) is 91.0 Å². The van der Waals surface area contributed by atoms with Crippen molar-refractivity contribution in [1.82, 2.24) is 5.32 Å². The summed E-state index contributed by atoms with van der Waals surface area (Å²) in [6.07, 6.45) is -0.445. The SMILES string of the molecule is CC(NC(=O)OCc1ccccc1)(c1ccccc1)c1ccccc1. The molecule has 126 valence electrons. The summed E-state index contributed by atoms with van der Waals surface area (Å²) in [5, 5.41) is 3.04. The molecule has 0 heterocycles. The maximum absolute atomic E-state index is 12.4. The van der Waals surface area contributed by atoms with Crippen molar-refractivity contribution in [2.45, 2.75) is 19.1 Å². The van der Waals surface area contributed by atoms with E-state index in [4.69, 9.17) is 4.74 Å². The van der Waals surface area contributed by atoms with E-state index in [-0.39, 0.29) is 6.61 Å². The Morgan fingerprint density at radius 2 is 1.24 bits per heavy atom. The van der Waals surface area contributed by atoms with E-state index in [9.17, 15) is 4.79 Å². The summed E-state index contributed by atoms with van der Waals surface area (Å²) in [6.45, 7) is 2.23. The molecule has 0 fully saturated rings. The van der Waals surface area contributed by atoms with Crippen LogP contribution in [0, 0.1) is 0 Å². The molecule has 0 unspecified atom stereocenters. The van der Waals surface area contributed by atoms with Crippen LogP contribution in [0.5, 0.6) is 0 Å². The maximum atomic E-state index is 12.4. The van der Waals surface area contributed by atoms with E-state index < -0.39 is 11.6 Å². The smallest absolute Gasteiger partial charge is 0.408 e. The van der Waals surface area contributed by atoms with Crippen LogP contribution >= 0.6 is 0 Å². The average molecular weight is 331 g/mol. The zero-order valence-corrected chi connectivity index (χ0v) is 14.2. The van der Waals surface area contributed by atoms with E-state index >= 15 is 0 Å². The second kappa shape index (κ2) is 7.67. The summed E-state index contributed by atoms with van der Waals surface area (Å²) < 4.78 is 5.42. The Bertz CT molecular complexity index is 762. The molecular weight excluding hydrogens is 310 g/mol. The lowest BCUT2D eigenvalue weighted by atomic mass is 9.85. The molecule has 1 N–H and O–H groups in total. The van der Waals surface area contributed by atoms with Crippen molar-refractivity contribution in [3.05, 3.63) is 108 Å². The zero-order valence-electron chi connectivity index (χ0n) is 14.2. The number of alkyl carbamates (subject to hydrolysis) is 1. The first-order valence-corrected chi connectivity index (χ1v) is 8.28. The standard InChI is InChI=1S/C22H21NO2/c1-22(19-13-7-3-8-14-19,20-15-9-4-10-16-20)23-21(24)25-17-18-11-5-2-6-12-18/h2-16H,17H2,1H3,(H,23,24). The van der Waals surface area contributed by atoms with Gasteiger partial charge in [-0.05, 0) is 23.6 Å². The third-order valence-electron chi connectivity index (χ3n) is 4.27. The van der Waals surface area contributed by atoms with Crippen LogP contribution < -0.4 is 5.32 Å². The predicted octanol–water partition coefficient (Wildman–Crippen LogP) is 4.88. The van der Waals surface area contributed by atoms with Crippen molar-refractivity contribution < 1.29 is 9.53 Å². The summed E-state index contributed by atoms with van der Waals surface area (Å²) in [6, 6.07) is 29.5. The highest BCUT2D eigenvalue weighted by molar-refractivity contribution is 5.70. The first kappa shape index (κ1) is 16.8. The largest absolute Gasteiger partial charge is 0.445 e. The van der Waals surface area contributed by atoms with E-state index in [1.165, 1.54) is 0 Å². The topological polar surface area (TPSA) is 38.3 Å². The van der Waals surface area contributed by atoms with Crippen molar-refractivity contribution in [2.75, 3.05) is 0 Å². The van der Waals surface area contributed by atoms with Crippen LogP contribution in [0.1, 0.15) is 23.6 Å². The van der Waals surface area contributed by atoms with Crippen molar-refractivity contribution >= 4 is 6.09 Å². The Morgan fingerprint density at radius 1 is 0.800 bits per heavy atom. The molecule has 1 amide bonds. The molecule has 0 aliphatic rings. The minimum atomic E-state index is -0.670. The van der Waals surface area contributed by atoms with E-state index in [0.29, 0.717) is 0 Å². The first-order chi connectivity index (χ1) is 12.2. The molecule has 0 saturated heterocycles. The number of carbonyl (C=O) groups is 1. The lowest BCUT2D eigenvalue weighted by molar-refractivity contribution is 0.131. The van der Waals surface area contributed by atoms with Crippen LogP contribution in [-0.4, -0.2) is 6.09 Å². The van der Waals surface area contributed by atoms with E-state index in [1.54, 1.807) is 0 Å². The number of carbonyl (C=O) groups excluding carboxylic acids is 1. The number of hydrogen-bond donors (Lipinski definition) is 1. The fourth-order valence-corrected chi connectivity index (χ4v) is 2.82. The molecule has 0 aromatic heterocycles. The Hall–Kier alpha value is -3.07. The minimum Gasteiger partial charge on any atom is -0.445 e. The highest BCUT2D eigenvalue weighted by atomic mass is 16.5. The van der Waals surface area contributed by atoms with Crippen molar-refractivity contribution in [3.8, 4) is 0 Å². The number of ether oxygens (including phenoxy) is 1. The van der Waals surface area contributed by atoms with Gasteiger partial charge in [-0.25, -0.2) is 4.79 Å². The van der Waals surface area contributed by atoms with Crippen LogP contribution in [0.15, 0.2) is 91.0 Å². The zero-order chi connectivity index (χ0) is 17.5. The van der Waals surface area contributed by atoms with Gasteiger partial charge in [0.05, 0.1) is 5.54 Å². The highest BCUT2D eigenvalue weighted by Crippen LogP contribution is 2.29. The Balaban J connectivity index is 1.80. The fraction of sp³-hybridized carbons (Fsp3) is 0.136. The molecule has 0 saturated carbocycles. The molecule has 0 spiro atoms. The third kappa shape index (κ3) is 4.07. The summed E-state index contributed by atoms with van der Waals surface area (Å²) >= 11 is 0. The second-order valence-corrected chi connectivity index (χ2v) is 6.04. The van der Waals surface area contributed by atoms with Crippen LogP contribution in [0.2, 0.25) is 0 Å². The molecular formula is C22H21NO2. The van der Waals surface area contributed by atoms with Gasteiger partial charge in [0.15, 0.2) is 0 Å². The van der Waals surface area contributed by atoms with Gasteiger partial charge in [-0.3, -0.25) is 0 Å². The molecule has 3 heteroatoms. The van der Waals surface area contributed by atoms with Gasteiger partial charge in [0.25, 0.3) is 0 Å². The Kier molecular flexibility index (Phi) is 5.14. The molecule has 3 nitrogen and oxygen atoms in total. The van der Waals surface area contributed by atoms with Gasteiger partial charge in [0, 0.05) is 0 Å². The molecule has 25 heavy (non-hydrogen) atoms. The van der Waals surface area contributed by atoms with Gasteiger partial charge in [-0.2, -0.15) is 0 Å². The highest BCUT2D eigenvalue weighted by Gasteiger charge is 2.31. The van der Waals surface area contributed by atoms with Crippen LogP contribution in [0.4, 0.5) is 4.79 Å². The van der Waals surface area contributed by atoms with Crippen LogP contribution in [0.25, 0.3) is 0 Å². The van der Waals surface area contributed by atoms with E-state index in [0.717, 1.165) is 16.7 Å². The maximum Gasteiger partial charge on any atom is 0.408 e. The predicted molar refractivity (Wildman–Crippen MR) is 99.1 cm³/mol. The van der Waals surface area contributed by atoms with Gasteiger partial charge >= 0.3 is 6.09 Å².